The molecule has 2 aromatic rings. The zero-order valence-electron chi connectivity index (χ0n) is 12.2. The molecule has 108 valence electrons. The molecule has 0 aliphatic heterocycles. The Bertz CT molecular complexity index is 663. The lowest BCUT2D eigenvalue weighted by Crippen LogP contribution is -2.13. The van der Waals surface area contributed by atoms with Gasteiger partial charge in [-0.25, -0.2) is 4.98 Å². The minimum atomic E-state index is -0.116. The molecular weight excluding hydrogens is 297 g/mol. The Morgan fingerprint density at radius 1 is 1.00 bits per heavy atom. The van der Waals surface area contributed by atoms with Crippen LogP contribution in [-0.2, 0) is 5.41 Å². The van der Waals surface area contributed by atoms with Crippen LogP contribution < -0.4 is 9.47 Å². The second kappa shape index (κ2) is 5.30. The molecule has 2 rings (SSSR count). The molecule has 0 aliphatic rings. The highest BCUT2D eigenvalue weighted by Crippen LogP contribution is 2.42. The minimum absolute atomic E-state index is 0.116. The molecule has 0 spiro atoms. The third-order valence-electron chi connectivity index (χ3n) is 3.11. The number of nitrogens with zero attached hydrogens (tertiary/aromatic N) is 1. The average Bonchev–Trinajstić information content (AvgIpc) is 2.37. The van der Waals surface area contributed by atoms with Crippen LogP contribution in [-0.4, -0.2) is 19.2 Å². The van der Waals surface area contributed by atoms with E-state index in [0.29, 0.717) is 32.4 Å². The second-order valence-corrected chi connectivity index (χ2v) is 6.34. The maximum Gasteiger partial charge on any atom is 0.148 e. The molecule has 3 nitrogen and oxygen atoms in total. The summed E-state index contributed by atoms with van der Waals surface area (Å²) in [6.07, 6.45) is 0. The maximum atomic E-state index is 6.40. The van der Waals surface area contributed by atoms with E-state index in [2.05, 4.69) is 25.8 Å². The zero-order valence-corrected chi connectivity index (χ0v) is 13.7. The van der Waals surface area contributed by atoms with Gasteiger partial charge in [0.25, 0.3) is 0 Å². The molecule has 1 heterocycles. The van der Waals surface area contributed by atoms with E-state index in [1.807, 2.05) is 6.07 Å². The van der Waals surface area contributed by atoms with Gasteiger partial charge in [-0.3, -0.25) is 0 Å². The summed E-state index contributed by atoms with van der Waals surface area (Å²) < 4.78 is 10.6. The van der Waals surface area contributed by atoms with Gasteiger partial charge >= 0.3 is 0 Å². The van der Waals surface area contributed by atoms with Crippen molar-refractivity contribution in [1.29, 1.82) is 0 Å². The van der Waals surface area contributed by atoms with Crippen molar-refractivity contribution in [2.45, 2.75) is 26.2 Å². The molecule has 0 saturated carbocycles. The lowest BCUT2D eigenvalue weighted by atomic mass is 9.91. The Morgan fingerprint density at radius 3 is 2.10 bits per heavy atom. The quantitative estimate of drug-likeness (QED) is 0.793. The van der Waals surface area contributed by atoms with Crippen LogP contribution in [0.4, 0.5) is 0 Å². The first kappa shape index (κ1) is 15.2. The SMILES string of the molecule is COc1cc(OC)c2nc(C(C)(C)C)cc(Cl)c2c1Cl. The van der Waals surface area contributed by atoms with Crippen LogP contribution in [0.1, 0.15) is 26.5 Å². The van der Waals surface area contributed by atoms with E-state index < -0.39 is 0 Å². The van der Waals surface area contributed by atoms with Gasteiger partial charge in [-0.1, -0.05) is 44.0 Å². The van der Waals surface area contributed by atoms with Crippen molar-refractivity contribution >= 4 is 34.1 Å². The Morgan fingerprint density at radius 2 is 1.60 bits per heavy atom. The van der Waals surface area contributed by atoms with Crippen LogP contribution >= 0.6 is 23.2 Å². The molecule has 0 fully saturated rings. The van der Waals surface area contributed by atoms with Crippen LogP contribution in [0.5, 0.6) is 11.5 Å². The number of pyridine rings is 1. The molecule has 1 aromatic carbocycles. The van der Waals surface area contributed by atoms with Crippen molar-refractivity contribution in [3.05, 3.63) is 27.9 Å². The maximum absolute atomic E-state index is 6.40. The van der Waals surface area contributed by atoms with E-state index in [0.717, 1.165) is 5.69 Å². The fraction of sp³-hybridized carbons (Fsp3) is 0.400. The molecule has 0 unspecified atom stereocenters. The summed E-state index contributed by atoms with van der Waals surface area (Å²) in [5, 5.41) is 1.64. The summed E-state index contributed by atoms with van der Waals surface area (Å²) in [7, 11) is 3.14. The number of halogens is 2. The molecule has 0 aliphatic carbocycles. The third-order valence-corrected chi connectivity index (χ3v) is 3.78. The topological polar surface area (TPSA) is 31.4 Å². The molecule has 0 N–H and O–H groups in total. The molecule has 0 radical (unpaired) electrons. The van der Waals surface area contributed by atoms with E-state index in [-0.39, 0.29) is 5.41 Å². The second-order valence-electron chi connectivity index (χ2n) is 5.56. The predicted octanol–water partition coefficient (Wildman–Crippen LogP) is 4.86. The van der Waals surface area contributed by atoms with Crippen LogP contribution in [0.15, 0.2) is 12.1 Å². The summed E-state index contributed by atoms with van der Waals surface area (Å²) in [5.74, 6) is 1.11. The van der Waals surface area contributed by atoms with Gasteiger partial charge in [-0.15, -0.1) is 0 Å². The van der Waals surface area contributed by atoms with E-state index in [1.165, 1.54) is 0 Å². The summed E-state index contributed by atoms with van der Waals surface area (Å²) in [5.41, 5.74) is 1.42. The average molecular weight is 314 g/mol. The van der Waals surface area contributed by atoms with Gasteiger partial charge in [0.1, 0.15) is 17.0 Å². The molecule has 1 aromatic heterocycles. The molecular formula is C15H17Cl2NO2. The highest BCUT2D eigenvalue weighted by molar-refractivity contribution is 6.43. The monoisotopic (exact) mass is 313 g/mol. The largest absolute Gasteiger partial charge is 0.495 e. The van der Waals surface area contributed by atoms with Crippen molar-refractivity contribution < 1.29 is 9.47 Å². The van der Waals surface area contributed by atoms with Crippen LogP contribution in [0, 0.1) is 0 Å². The van der Waals surface area contributed by atoms with Crippen LogP contribution in [0.25, 0.3) is 10.9 Å². The standard InChI is InChI=1S/C15H17Cl2NO2/c1-15(2,3)11-6-8(16)12-13(17)9(19-4)7-10(20-5)14(12)18-11/h6-7H,1-5H3. The highest BCUT2D eigenvalue weighted by Gasteiger charge is 2.22. The summed E-state index contributed by atoms with van der Waals surface area (Å²) in [4.78, 5) is 4.66. The summed E-state index contributed by atoms with van der Waals surface area (Å²) in [6, 6.07) is 3.56. The Hall–Kier alpha value is -1.19. The fourth-order valence-electron chi connectivity index (χ4n) is 1.96. The smallest absolute Gasteiger partial charge is 0.148 e. The number of hydrogen-bond acceptors (Lipinski definition) is 3. The van der Waals surface area contributed by atoms with Gasteiger partial charge in [0.15, 0.2) is 0 Å². The minimum Gasteiger partial charge on any atom is -0.495 e. The van der Waals surface area contributed by atoms with Crippen molar-refractivity contribution in [2.24, 2.45) is 0 Å². The number of aromatic nitrogens is 1. The Balaban J connectivity index is 2.90. The van der Waals surface area contributed by atoms with E-state index >= 15 is 0 Å². The number of benzene rings is 1. The lowest BCUT2D eigenvalue weighted by Gasteiger charge is -2.20. The molecule has 0 amide bonds. The van der Waals surface area contributed by atoms with Gasteiger partial charge in [0.2, 0.25) is 0 Å². The van der Waals surface area contributed by atoms with E-state index in [1.54, 1.807) is 20.3 Å². The number of fused-ring (bicyclic) bond motifs is 1. The molecule has 20 heavy (non-hydrogen) atoms. The number of hydrogen-bond donors (Lipinski definition) is 0. The zero-order chi connectivity index (χ0) is 15.1. The van der Waals surface area contributed by atoms with E-state index in [4.69, 9.17) is 32.7 Å². The first-order chi connectivity index (χ1) is 9.29. The molecule has 0 atom stereocenters. The fourth-order valence-corrected chi connectivity index (χ4v) is 2.62. The first-order valence-corrected chi connectivity index (χ1v) is 6.96. The number of methoxy groups -OCH3 is 2. The lowest BCUT2D eigenvalue weighted by molar-refractivity contribution is 0.397. The highest BCUT2D eigenvalue weighted by atomic mass is 35.5. The van der Waals surface area contributed by atoms with Crippen molar-refractivity contribution in [2.75, 3.05) is 14.2 Å². The molecule has 0 bridgehead atoms. The first-order valence-electron chi connectivity index (χ1n) is 6.20. The number of ether oxygens (including phenoxy) is 2. The number of rotatable bonds is 2. The van der Waals surface area contributed by atoms with Crippen LogP contribution in [0.2, 0.25) is 10.0 Å². The van der Waals surface area contributed by atoms with Gasteiger partial charge in [0.05, 0.1) is 24.3 Å². The van der Waals surface area contributed by atoms with Crippen LogP contribution in [0.3, 0.4) is 0 Å². The van der Waals surface area contributed by atoms with Crippen molar-refractivity contribution in [3.8, 4) is 11.5 Å². The van der Waals surface area contributed by atoms with Crippen molar-refractivity contribution in [3.63, 3.8) is 0 Å². The Labute approximate surface area is 128 Å². The van der Waals surface area contributed by atoms with Gasteiger partial charge < -0.3 is 9.47 Å². The van der Waals surface area contributed by atoms with E-state index in [9.17, 15) is 0 Å². The summed E-state index contributed by atoms with van der Waals surface area (Å²) >= 11 is 12.7. The normalized spacial score (nSPS) is 11.8. The van der Waals surface area contributed by atoms with Gasteiger partial charge in [0, 0.05) is 22.6 Å². The van der Waals surface area contributed by atoms with Crippen molar-refractivity contribution in [1.82, 2.24) is 4.98 Å². The summed E-state index contributed by atoms with van der Waals surface area (Å²) in [6.45, 7) is 6.24. The third kappa shape index (κ3) is 2.52. The molecule has 0 saturated heterocycles. The predicted molar refractivity (Wildman–Crippen MR) is 83.6 cm³/mol. The molecule has 5 heteroatoms. The van der Waals surface area contributed by atoms with Gasteiger partial charge in [-0.05, 0) is 6.07 Å². The Kier molecular flexibility index (Phi) is 4.03. The van der Waals surface area contributed by atoms with Gasteiger partial charge in [-0.2, -0.15) is 0 Å².